The van der Waals surface area contributed by atoms with Crippen LogP contribution in [-0.2, 0) is 13.0 Å². The van der Waals surface area contributed by atoms with Crippen LogP contribution in [0, 0.1) is 0 Å². The van der Waals surface area contributed by atoms with Crippen molar-refractivity contribution in [3.63, 3.8) is 0 Å². The molecule has 0 saturated carbocycles. The Labute approximate surface area is 141 Å². The molecule has 4 rings (SSSR count). The number of hydrogen-bond acceptors (Lipinski definition) is 3. The van der Waals surface area contributed by atoms with Gasteiger partial charge in [0.2, 0.25) is 0 Å². The van der Waals surface area contributed by atoms with Crippen molar-refractivity contribution in [2.45, 2.75) is 25.8 Å². The Morgan fingerprint density at radius 2 is 2.04 bits per heavy atom. The fourth-order valence-electron chi connectivity index (χ4n) is 3.27. The number of hydrogen-bond donors (Lipinski definition) is 1. The summed E-state index contributed by atoms with van der Waals surface area (Å²) in [6, 6.07) is 12.8. The molecule has 0 fully saturated rings. The van der Waals surface area contributed by atoms with Gasteiger partial charge in [-0.05, 0) is 42.7 Å². The van der Waals surface area contributed by atoms with Gasteiger partial charge < -0.3 is 10.6 Å². The Morgan fingerprint density at radius 3 is 2.88 bits per heavy atom. The van der Waals surface area contributed by atoms with Gasteiger partial charge >= 0.3 is 0 Å². The summed E-state index contributed by atoms with van der Waals surface area (Å²) in [4.78, 5) is 2.26. The van der Waals surface area contributed by atoms with Crippen molar-refractivity contribution in [1.82, 2.24) is 9.58 Å². The van der Waals surface area contributed by atoms with Crippen LogP contribution in [0.1, 0.15) is 24.0 Å². The van der Waals surface area contributed by atoms with Crippen LogP contribution in [0.5, 0.6) is 0 Å². The molecule has 2 aliphatic rings. The summed E-state index contributed by atoms with van der Waals surface area (Å²) in [5.41, 5.74) is 8.35. The normalized spacial score (nSPS) is 15.2. The van der Waals surface area contributed by atoms with Gasteiger partial charge in [-0.1, -0.05) is 42.5 Å². The van der Waals surface area contributed by atoms with E-state index >= 15 is 0 Å². The Hall–Kier alpha value is -2.59. The maximum atomic E-state index is 5.72. The second-order valence-electron chi connectivity index (χ2n) is 6.24. The summed E-state index contributed by atoms with van der Waals surface area (Å²) < 4.78 is 2.08. The summed E-state index contributed by atoms with van der Waals surface area (Å²) in [5, 5.41) is 7.29. The number of rotatable bonds is 5. The van der Waals surface area contributed by atoms with E-state index in [4.69, 9.17) is 10.8 Å². The molecule has 0 amide bonds. The molecule has 24 heavy (non-hydrogen) atoms. The van der Waals surface area contributed by atoms with Crippen LogP contribution in [0.2, 0.25) is 0 Å². The van der Waals surface area contributed by atoms with E-state index in [0.29, 0.717) is 6.54 Å². The minimum absolute atomic E-state index is 0.684. The molecule has 0 atom stereocenters. The fourth-order valence-corrected chi connectivity index (χ4v) is 3.27. The van der Waals surface area contributed by atoms with E-state index in [-0.39, 0.29) is 0 Å². The lowest BCUT2D eigenvalue weighted by atomic mass is 10.1. The highest BCUT2D eigenvalue weighted by Crippen LogP contribution is 2.12. The lowest BCUT2D eigenvalue weighted by Crippen LogP contribution is -2.38. The Balaban J connectivity index is 1.74. The molecule has 0 bridgehead atoms. The molecule has 1 aromatic carbocycles. The average Bonchev–Trinajstić information content (AvgIpc) is 2.98. The third kappa shape index (κ3) is 2.81. The zero-order valence-corrected chi connectivity index (χ0v) is 13.7. The zero-order chi connectivity index (χ0) is 16.4. The Kier molecular flexibility index (Phi) is 4.05. The standard InChI is InChI=1S/C20H22N4/c21-12-6-11-20-22-24-18(13-17-9-4-5-10-19(17)24)15-23(20)14-16-7-2-1-3-8-16/h1-5,7-8,10,13,15H,6,9,11-12,14,21H2. The van der Waals surface area contributed by atoms with Gasteiger partial charge in [0.05, 0.1) is 10.7 Å². The number of allylic oxidation sites excluding steroid dienone is 2. The second-order valence-corrected chi connectivity index (χ2v) is 6.24. The lowest BCUT2D eigenvalue weighted by Gasteiger charge is -2.25. The molecule has 4 nitrogen and oxygen atoms in total. The number of aromatic nitrogens is 1. The molecular formula is C20H22N4. The van der Waals surface area contributed by atoms with E-state index in [1.54, 1.807) is 0 Å². The molecule has 0 unspecified atom stereocenters. The first-order valence-electron chi connectivity index (χ1n) is 8.53. The van der Waals surface area contributed by atoms with Crippen LogP contribution < -0.4 is 16.4 Å². The van der Waals surface area contributed by atoms with Gasteiger partial charge in [0.25, 0.3) is 0 Å². The van der Waals surface area contributed by atoms with Crippen LogP contribution in [0.4, 0.5) is 0 Å². The number of fused-ring (bicyclic) bond motifs is 3. The van der Waals surface area contributed by atoms with Crippen molar-refractivity contribution < 1.29 is 0 Å². The highest BCUT2D eigenvalue weighted by Gasteiger charge is 2.17. The molecule has 1 aliphatic carbocycles. The molecule has 0 radical (unpaired) electrons. The smallest absolute Gasteiger partial charge is 0.130 e. The van der Waals surface area contributed by atoms with E-state index < -0.39 is 0 Å². The monoisotopic (exact) mass is 318 g/mol. The van der Waals surface area contributed by atoms with Gasteiger partial charge in [0, 0.05) is 19.2 Å². The fraction of sp³-hybridized carbons (Fsp3) is 0.250. The van der Waals surface area contributed by atoms with Crippen LogP contribution in [0.25, 0.3) is 12.3 Å². The highest BCUT2D eigenvalue weighted by molar-refractivity contribution is 5.86. The first kappa shape index (κ1) is 15.0. The predicted octanol–water partition coefficient (Wildman–Crippen LogP) is 1.54. The van der Waals surface area contributed by atoms with Crippen LogP contribution in [0.3, 0.4) is 0 Å². The van der Waals surface area contributed by atoms with Crippen LogP contribution >= 0.6 is 0 Å². The number of nitrogens with two attached hydrogens (primary N) is 1. The molecule has 4 heteroatoms. The predicted molar refractivity (Wildman–Crippen MR) is 98.6 cm³/mol. The molecule has 2 heterocycles. The lowest BCUT2D eigenvalue weighted by molar-refractivity contribution is 0.545. The SMILES string of the molecule is NCCCC1=Nn2c(cc3c2=CC=CC3)=CN1Cc1ccccc1. The van der Waals surface area contributed by atoms with Crippen molar-refractivity contribution in [3.05, 3.63) is 70.4 Å². The quantitative estimate of drug-likeness (QED) is 0.909. The average molecular weight is 318 g/mol. The summed E-state index contributed by atoms with van der Waals surface area (Å²) in [7, 11) is 0. The highest BCUT2D eigenvalue weighted by atomic mass is 15.4. The van der Waals surface area contributed by atoms with Gasteiger partial charge in [0.1, 0.15) is 5.84 Å². The molecular weight excluding hydrogens is 296 g/mol. The van der Waals surface area contributed by atoms with Gasteiger partial charge in [-0.2, -0.15) is 5.10 Å². The number of nitrogens with zero attached hydrogens (tertiary/aromatic N) is 3. The topological polar surface area (TPSA) is 46.5 Å². The van der Waals surface area contributed by atoms with Gasteiger partial charge in [-0.3, -0.25) is 0 Å². The Bertz CT molecular complexity index is 903. The zero-order valence-electron chi connectivity index (χ0n) is 13.7. The van der Waals surface area contributed by atoms with E-state index in [1.807, 2.05) is 0 Å². The van der Waals surface area contributed by atoms with Gasteiger partial charge in [0.15, 0.2) is 0 Å². The first-order chi connectivity index (χ1) is 11.8. The van der Waals surface area contributed by atoms with Gasteiger partial charge in [-0.15, -0.1) is 0 Å². The largest absolute Gasteiger partial charge is 0.330 e. The minimum Gasteiger partial charge on any atom is -0.330 e. The van der Waals surface area contributed by atoms with E-state index in [9.17, 15) is 0 Å². The third-order valence-electron chi connectivity index (χ3n) is 4.49. The van der Waals surface area contributed by atoms with Crippen molar-refractivity contribution in [3.8, 4) is 0 Å². The summed E-state index contributed by atoms with van der Waals surface area (Å²) in [5.74, 6) is 1.08. The van der Waals surface area contributed by atoms with E-state index in [0.717, 1.165) is 37.0 Å². The summed E-state index contributed by atoms with van der Waals surface area (Å²) in [6.45, 7) is 1.52. The minimum atomic E-state index is 0.684. The van der Waals surface area contributed by atoms with Crippen molar-refractivity contribution in [2.75, 3.05) is 6.54 Å². The van der Waals surface area contributed by atoms with Crippen LogP contribution in [0.15, 0.2) is 53.7 Å². The van der Waals surface area contributed by atoms with Crippen molar-refractivity contribution >= 4 is 18.1 Å². The molecule has 0 saturated heterocycles. The molecule has 0 spiro atoms. The second kappa shape index (κ2) is 6.49. The first-order valence-corrected chi connectivity index (χ1v) is 8.53. The molecule has 1 aromatic heterocycles. The van der Waals surface area contributed by atoms with Crippen molar-refractivity contribution in [2.24, 2.45) is 10.8 Å². The Morgan fingerprint density at radius 1 is 1.17 bits per heavy atom. The number of amidine groups is 1. The van der Waals surface area contributed by atoms with E-state index in [1.165, 1.54) is 16.5 Å². The molecule has 1 aliphatic heterocycles. The summed E-state index contributed by atoms with van der Waals surface area (Å²) in [6.07, 6.45) is 11.5. The third-order valence-corrected chi connectivity index (χ3v) is 4.49. The van der Waals surface area contributed by atoms with Gasteiger partial charge in [-0.25, -0.2) is 4.68 Å². The van der Waals surface area contributed by atoms with E-state index in [2.05, 4.69) is 70.4 Å². The maximum absolute atomic E-state index is 5.72. The molecule has 122 valence electrons. The summed E-state index contributed by atoms with van der Waals surface area (Å²) >= 11 is 0. The molecule has 2 aromatic rings. The van der Waals surface area contributed by atoms with Crippen molar-refractivity contribution in [1.29, 1.82) is 0 Å². The van der Waals surface area contributed by atoms with Crippen LogP contribution in [-0.4, -0.2) is 22.0 Å². The maximum Gasteiger partial charge on any atom is 0.130 e. The molecule has 2 N–H and O–H groups in total. The number of benzene rings is 1.